The van der Waals surface area contributed by atoms with E-state index in [1.807, 2.05) is 4.86 Å². The molecule has 2 nitrogen and oxygen atoms in total. The Morgan fingerprint density at radius 2 is 2.44 bits per heavy atom. The van der Waals surface area contributed by atoms with Crippen LogP contribution in [0.25, 0.3) is 0 Å². The van der Waals surface area contributed by atoms with Crippen LogP contribution in [0.15, 0.2) is 20.3 Å². The van der Waals surface area contributed by atoms with Gasteiger partial charge in [-0.15, -0.1) is 0 Å². The Kier molecular flexibility index (Phi) is 1.99. The quantitative estimate of drug-likeness (QED) is 0.634. The second-order valence-corrected chi connectivity index (χ2v) is 4.27. The van der Waals surface area contributed by atoms with E-state index >= 15 is 0 Å². The number of halogens is 1. The minimum absolute atomic E-state index is 0.405. The fourth-order valence-electron chi connectivity index (χ4n) is 0.514. The van der Waals surface area contributed by atoms with Crippen molar-refractivity contribution in [1.29, 1.82) is 0 Å². The van der Waals surface area contributed by atoms with E-state index in [-0.39, 0.29) is 0 Å². The summed E-state index contributed by atoms with van der Waals surface area (Å²) < 4.78 is 0.414. The van der Waals surface area contributed by atoms with Crippen molar-refractivity contribution in [2.24, 2.45) is 0 Å². The molecule has 0 aromatic rings. The number of carbonyl (C=O) groups is 1. The normalized spacial score (nSPS) is 19.7. The van der Waals surface area contributed by atoms with E-state index in [0.717, 1.165) is 0 Å². The summed E-state index contributed by atoms with van der Waals surface area (Å²) in [6, 6.07) is 0. The zero-order valence-electron chi connectivity index (χ0n) is 4.39. The van der Waals surface area contributed by atoms with Gasteiger partial charge in [0, 0.05) is 0 Å². The SMILES string of the molecule is O=C(O)C1=C(Cl)C=C[AsH]1. The number of carboxylic acid groups (broad SMARTS) is 1. The molecule has 1 rings (SSSR count). The second-order valence-electron chi connectivity index (χ2n) is 1.51. The van der Waals surface area contributed by atoms with Gasteiger partial charge < -0.3 is 0 Å². The van der Waals surface area contributed by atoms with E-state index in [1.165, 1.54) is 0 Å². The number of hydrogen-bond donors (Lipinski definition) is 1. The summed E-state index contributed by atoms with van der Waals surface area (Å²) >= 11 is 4.96. The molecule has 0 radical (unpaired) electrons. The van der Waals surface area contributed by atoms with Crippen molar-refractivity contribution in [2.75, 3.05) is 0 Å². The van der Waals surface area contributed by atoms with Crippen molar-refractivity contribution in [1.82, 2.24) is 0 Å². The van der Waals surface area contributed by atoms with Crippen LogP contribution >= 0.6 is 11.6 Å². The third kappa shape index (κ3) is 1.38. The van der Waals surface area contributed by atoms with E-state index in [0.29, 0.717) is 9.39 Å². The van der Waals surface area contributed by atoms with Crippen molar-refractivity contribution in [3.8, 4) is 0 Å². The van der Waals surface area contributed by atoms with Crippen molar-refractivity contribution < 1.29 is 9.90 Å². The molecule has 0 amide bonds. The summed E-state index contributed by atoms with van der Waals surface area (Å²) in [5.74, 6) is -0.870. The van der Waals surface area contributed by atoms with Crippen LogP contribution in [0.5, 0.6) is 0 Å². The zero-order valence-corrected chi connectivity index (χ0v) is 7.24. The van der Waals surface area contributed by atoms with Crippen molar-refractivity contribution in [2.45, 2.75) is 0 Å². The molecule has 1 unspecified atom stereocenters. The molecule has 0 spiro atoms. The van der Waals surface area contributed by atoms with Gasteiger partial charge in [-0.25, -0.2) is 0 Å². The van der Waals surface area contributed by atoms with E-state index < -0.39 is 21.7 Å². The first-order valence-corrected chi connectivity index (χ1v) is 4.92. The Morgan fingerprint density at radius 1 is 1.78 bits per heavy atom. The van der Waals surface area contributed by atoms with Gasteiger partial charge in [-0.05, 0) is 0 Å². The summed E-state index contributed by atoms with van der Waals surface area (Å²) in [5, 5.41) is 8.84. The van der Waals surface area contributed by atoms with Gasteiger partial charge in [0.1, 0.15) is 0 Å². The van der Waals surface area contributed by atoms with Crippen LogP contribution in [0.2, 0.25) is 0 Å². The predicted molar refractivity (Wildman–Crippen MR) is 36.8 cm³/mol. The van der Waals surface area contributed by atoms with Crippen LogP contribution in [0.1, 0.15) is 0 Å². The number of aliphatic carboxylic acids is 1. The van der Waals surface area contributed by atoms with Crippen LogP contribution in [-0.4, -0.2) is 26.8 Å². The van der Waals surface area contributed by atoms with Gasteiger partial charge in [0.05, 0.1) is 0 Å². The number of hydrogen-bond acceptors (Lipinski definition) is 1. The maximum atomic E-state index is 10.3. The molecule has 0 aromatic heterocycles. The average Bonchev–Trinajstić information content (AvgIpc) is 2.13. The number of rotatable bonds is 1. The summed E-state index contributed by atoms with van der Waals surface area (Å²) in [5.41, 5.74) is 0. The summed E-state index contributed by atoms with van der Waals surface area (Å²) in [7, 11) is 0. The van der Waals surface area contributed by atoms with Crippen molar-refractivity contribution in [3.63, 3.8) is 0 Å². The van der Waals surface area contributed by atoms with Crippen molar-refractivity contribution in [3.05, 3.63) is 20.3 Å². The molecule has 48 valence electrons. The van der Waals surface area contributed by atoms with Gasteiger partial charge in [-0.1, -0.05) is 0 Å². The molecule has 1 aliphatic heterocycles. The van der Waals surface area contributed by atoms with Crippen LogP contribution < -0.4 is 0 Å². The Hall–Kier alpha value is -0.202. The standard InChI is InChI=1S/C5H4AsClO2/c7-3-1-2-6-4(3)5(8)9/h1-2,6H,(H,8,9). The van der Waals surface area contributed by atoms with E-state index in [1.54, 1.807) is 6.08 Å². The fraction of sp³-hybridized carbons (Fsp3) is 0. The first kappa shape index (κ1) is 6.91. The molecule has 0 saturated carbocycles. The zero-order chi connectivity index (χ0) is 6.85. The van der Waals surface area contributed by atoms with Gasteiger partial charge in [-0.3, -0.25) is 0 Å². The second kappa shape index (κ2) is 2.59. The molecule has 1 N–H and O–H groups in total. The molecule has 0 aliphatic carbocycles. The van der Waals surface area contributed by atoms with Crippen molar-refractivity contribution >= 4 is 33.3 Å². The summed E-state index contributed by atoms with van der Waals surface area (Å²) in [6.45, 7) is 0. The topological polar surface area (TPSA) is 37.3 Å². The maximum absolute atomic E-state index is 10.3. The van der Waals surface area contributed by atoms with Crippen LogP contribution in [0.4, 0.5) is 0 Å². The van der Waals surface area contributed by atoms with Gasteiger partial charge in [-0.2, -0.15) is 0 Å². The van der Waals surface area contributed by atoms with Gasteiger partial charge >= 0.3 is 63.6 Å². The average molecular weight is 206 g/mol. The molecule has 1 atom stereocenters. The number of carboxylic acids is 1. The van der Waals surface area contributed by atoms with Gasteiger partial charge in [0.25, 0.3) is 0 Å². The molecule has 9 heavy (non-hydrogen) atoms. The Labute approximate surface area is 63.9 Å². The van der Waals surface area contributed by atoms with Crippen LogP contribution in [0, 0.1) is 0 Å². The molecule has 0 saturated heterocycles. The first-order valence-electron chi connectivity index (χ1n) is 2.28. The first-order chi connectivity index (χ1) is 4.22. The monoisotopic (exact) mass is 206 g/mol. The molecule has 0 bridgehead atoms. The third-order valence-electron chi connectivity index (χ3n) is 0.910. The van der Waals surface area contributed by atoms with Gasteiger partial charge in [0.2, 0.25) is 0 Å². The fourth-order valence-corrected chi connectivity index (χ4v) is 2.76. The molecule has 4 heteroatoms. The van der Waals surface area contributed by atoms with E-state index in [4.69, 9.17) is 16.7 Å². The van der Waals surface area contributed by atoms with E-state index in [2.05, 4.69) is 0 Å². The minimum atomic E-state index is -0.870. The third-order valence-corrected chi connectivity index (χ3v) is 3.88. The molecule has 0 fully saturated rings. The van der Waals surface area contributed by atoms with Crippen LogP contribution in [-0.2, 0) is 4.79 Å². The summed E-state index contributed by atoms with van der Waals surface area (Å²) in [4.78, 5) is 12.1. The molecule has 1 heterocycles. The van der Waals surface area contributed by atoms with Crippen LogP contribution in [0.3, 0.4) is 0 Å². The molecule has 1 aliphatic rings. The molecule has 0 aromatic carbocycles. The van der Waals surface area contributed by atoms with Gasteiger partial charge in [0.15, 0.2) is 0 Å². The number of allylic oxidation sites excluding steroid dienone is 2. The molecular formula is C5H4AsClO2. The Balaban J connectivity index is 2.85. The Morgan fingerprint density at radius 3 is 2.67 bits per heavy atom. The van der Waals surface area contributed by atoms with E-state index in [9.17, 15) is 4.79 Å². The Bertz CT molecular complexity index is 207. The predicted octanol–water partition coefficient (Wildman–Crippen LogP) is 0.485. The molecular weight excluding hydrogens is 202 g/mol. The summed E-state index contributed by atoms with van der Waals surface area (Å²) in [6.07, 6.45) is 1.66.